The van der Waals surface area contributed by atoms with Crippen LogP contribution in [0.1, 0.15) is 23.5 Å². The number of pyridine rings is 1. The van der Waals surface area contributed by atoms with Gasteiger partial charge in [0.1, 0.15) is 5.82 Å². The number of aryl methyl sites for hydroxylation is 1. The number of fused-ring (bicyclic) bond motifs is 1. The summed E-state index contributed by atoms with van der Waals surface area (Å²) in [6.45, 7) is 2.79. The number of anilines is 2. The minimum absolute atomic E-state index is 0.00611. The van der Waals surface area contributed by atoms with Crippen molar-refractivity contribution < 1.29 is 4.79 Å². The lowest BCUT2D eigenvalue weighted by Gasteiger charge is -2.10. The topological polar surface area (TPSA) is 54.0 Å². The van der Waals surface area contributed by atoms with Crippen molar-refractivity contribution in [3.8, 4) is 0 Å². The van der Waals surface area contributed by atoms with Crippen molar-refractivity contribution in [3.63, 3.8) is 0 Å². The molecule has 3 rings (SSSR count). The third-order valence-corrected chi connectivity index (χ3v) is 3.55. The molecule has 0 saturated carbocycles. The number of hydrogen-bond donors (Lipinski definition) is 2. The summed E-state index contributed by atoms with van der Waals surface area (Å²) in [7, 11) is 0. The minimum Gasteiger partial charge on any atom is -0.384 e. The van der Waals surface area contributed by atoms with Crippen LogP contribution in [0.4, 0.5) is 11.5 Å². The van der Waals surface area contributed by atoms with E-state index in [1.165, 1.54) is 5.56 Å². The van der Waals surface area contributed by atoms with Crippen molar-refractivity contribution in [3.05, 3.63) is 53.7 Å². The average molecular weight is 267 g/mol. The molecule has 1 unspecified atom stereocenters. The van der Waals surface area contributed by atoms with Crippen molar-refractivity contribution in [2.24, 2.45) is 0 Å². The Morgan fingerprint density at radius 2 is 2.25 bits per heavy atom. The van der Waals surface area contributed by atoms with Crippen molar-refractivity contribution >= 4 is 17.4 Å². The highest BCUT2D eigenvalue weighted by molar-refractivity contribution is 5.90. The van der Waals surface area contributed by atoms with E-state index in [-0.39, 0.29) is 11.8 Å². The van der Waals surface area contributed by atoms with Gasteiger partial charge in [-0.15, -0.1) is 0 Å². The Bertz CT molecular complexity index is 639. The van der Waals surface area contributed by atoms with Crippen molar-refractivity contribution in [2.45, 2.75) is 19.3 Å². The first-order valence-electron chi connectivity index (χ1n) is 6.77. The van der Waals surface area contributed by atoms with E-state index in [0.29, 0.717) is 12.2 Å². The SMILES string of the molecule is Cc1ccnc(NC(=O)CC2CNc3ccccc32)c1. The first-order chi connectivity index (χ1) is 9.72. The summed E-state index contributed by atoms with van der Waals surface area (Å²) >= 11 is 0. The van der Waals surface area contributed by atoms with Gasteiger partial charge < -0.3 is 10.6 Å². The fraction of sp³-hybridized carbons (Fsp3) is 0.250. The number of carbonyl (C=O) groups excluding carboxylic acids is 1. The molecule has 2 aromatic rings. The van der Waals surface area contributed by atoms with E-state index >= 15 is 0 Å². The number of amides is 1. The van der Waals surface area contributed by atoms with Crippen LogP contribution in [-0.4, -0.2) is 17.4 Å². The van der Waals surface area contributed by atoms with Gasteiger partial charge in [0.05, 0.1) is 0 Å². The Labute approximate surface area is 118 Å². The molecule has 20 heavy (non-hydrogen) atoms. The number of hydrogen-bond acceptors (Lipinski definition) is 3. The molecule has 2 heterocycles. The van der Waals surface area contributed by atoms with Crippen LogP contribution in [-0.2, 0) is 4.79 Å². The molecule has 2 N–H and O–H groups in total. The fourth-order valence-electron chi connectivity index (χ4n) is 2.56. The Hall–Kier alpha value is -2.36. The Balaban J connectivity index is 1.66. The molecule has 0 aliphatic carbocycles. The first kappa shape index (κ1) is 12.7. The lowest BCUT2D eigenvalue weighted by Crippen LogP contribution is -2.17. The Morgan fingerprint density at radius 1 is 1.40 bits per heavy atom. The van der Waals surface area contributed by atoms with Crippen LogP contribution in [0.3, 0.4) is 0 Å². The van der Waals surface area contributed by atoms with Gasteiger partial charge in [-0.2, -0.15) is 0 Å². The summed E-state index contributed by atoms with van der Waals surface area (Å²) in [5.41, 5.74) is 3.45. The van der Waals surface area contributed by atoms with E-state index in [0.717, 1.165) is 17.8 Å². The number of nitrogens with one attached hydrogen (secondary N) is 2. The van der Waals surface area contributed by atoms with Gasteiger partial charge in [-0.05, 0) is 36.2 Å². The van der Waals surface area contributed by atoms with E-state index in [1.807, 2.05) is 31.2 Å². The highest BCUT2D eigenvalue weighted by atomic mass is 16.1. The first-order valence-corrected chi connectivity index (χ1v) is 6.77. The van der Waals surface area contributed by atoms with Gasteiger partial charge in [0.2, 0.25) is 5.91 Å². The van der Waals surface area contributed by atoms with Crippen LogP contribution in [0.25, 0.3) is 0 Å². The number of nitrogens with zero attached hydrogens (tertiary/aromatic N) is 1. The van der Waals surface area contributed by atoms with E-state index in [9.17, 15) is 4.79 Å². The van der Waals surface area contributed by atoms with Crippen LogP contribution >= 0.6 is 0 Å². The van der Waals surface area contributed by atoms with Crippen LogP contribution in [0.15, 0.2) is 42.6 Å². The Morgan fingerprint density at radius 3 is 3.10 bits per heavy atom. The molecule has 0 spiro atoms. The lowest BCUT2D eigenvalue weighted by molar-refractivity contribution is -0.116. The second kappa shape index (κ2) is 5.33. The summed E-state index contributed by atoms with van der Waals surface area (Å²) in [6, 6.07) is 11.9. The van der Waals surface area contributed by atoms with Gasteiger partial charge in [-0.3, -0.25) is 4.79 Å². The van der Waals surface area contributed by atoms with E-state index < -0.39 is 0 Å². The number of para-hydroxylation sites is 1. The molecule has 4 heteroatoms. The van der Waals surface area contributed by atoms with Crippen molar-refractivity contribution in [1.82, 2.24) is 4.98 Å². The van der Waals surface area contributed by atoms with Gasteiger partial charge >= 0.3 is 0 Å². The fourth-order valence-corrected chi connectivity index (χ4v) is 2.56. The minimum atomic E-state index is 0.00611. The number of carbonyl (C=O) groups is 1. The zero-order valence-corrected chi connectivity index (χ0v) is 11.4. The quantitative estimate of drug-likeness (QED) is 0.899. The van der Waals surface area contributed by atoms with E-state index in [2.05, 4.69) is 27.8 Å². The zero-order valence-electron chi connectivity index (χ0n) is 11.4. The van der Waals surface area contributed by atoms with Crippen molar-refractivity contribution in [2.75, 3.05) is 17.2 Å². The molecule has 1 aliphatic rings. The Kier molecular flexibility index (Phi) is 3.37. The molecule has 4 nitrogen and oxygen atoms in total. The average Bonchev–Trinajstić information content (AvgIpc) is 2.82. The summed E-state index contributed by atoms with van der Waals surface area (Å²) in [6.07, 6.45) is 2.18. The molecule has 1 amide bonds. The second-order valence-electron chi connectivity index (χ2n) is 5.14. The molecule has 1 aliphatic heterocycles. The van der Waals surface area contributed by atoms with Gasteiger partial charge in [-0.1, -0.05) is 18.2 Å². The van der Waals surface area contributed by atoms with Gasteiger partial charge in [0.15, 0.2) is 0 Å². The zero-order chi connectivity index (χ0) is 13.9. The van der Waals surface area contributed by atoms with E-state index in [1.54, 1.807) is 6.20 Å². The molecule has 0 fully saturated rings. The van der Waals surface area contributed by atoms with Gasteiger partial charge in [0, 0.05) is 30.8 Å². The lowest BCUT2D eigenvalue weighted by atomic mass is 9.97. The van der Waals surface area contributed by atoms with Crippen LogP contribution < -0.4 is 10.6 Å². The third kappa shape index (κ3) is 2.64. The molecule has 1 aromatic carbocycles. The maximum Gasteiger partial charge on any atom is 0.226 e. The highest BCUT2D eigenvalue weighted by Gasteiger charge is 2.23. The molecule has 1 aromatic heterocycles. The summed E-state index contributed by atoms with van der Waals surface area (Å²) < 4.78 is 0. The molecule has 1 atom stereocenters. The summed E-state index contributed by atoms with van der Waals surface area (Å²) in [5, 5.41) is 6.20. The van der Waals surface area contributed by atoms with Gasteiger partial charge in [-0.25, -0.2) is 4.98 Å². The maximum absolute atomic E-state index is 12.1. The normalized spacial score (nSPS) is 16.4. The second-order valence-corrected chi connectivity index (χ2v) is 5.14. The predicted molar refractivity (Wildman–Crippen MR) is 79.9 cm³/mol. The summed E-state index contributed by atoms with van der Waals surface area (Å²) in [4.78, 5) is 16.3. The standard InChI is InChI=1S/C16H17N3O/c1-11-6-7-17-15(8-11)19-16(20)9-12-10-18-14-5-3-2-4-13(12)14/h2-8,12,18H,9-10H2,1H3,(H,17,19,20). The number of aromatic nitrogens is 1. The molecular formula is C16H17N3O. The smallest absolute Gasteiger partial charge is 0.226 e. The largest absolute Gasteiger partial charge is 0.384 e. The maximum atomic E-state index is 12.1. The number of rotatable bonds is 3. The van der Waals surface area contributed by atoms with Crippen LogP contribution in [0.2, 0.25) is 0 Å². The molecule has 102 valence electrons. The van der Waals surface area contributed by atoms with E-state index in [4.69, 9.17) is 0 Å². The predicted octanol–water partition coefficient (Wildman–Crippen LogP) is 2.93. The highest BCUT2D eigenvalue weighted by Crippen LogP contribution is 2.33. The molecule has 0 radical (unpaired) electrons. The van der Waals surface area contributed by atoms with Crippen LogP contribution in [0.5, 0.6) is 0 Å². The monoisotopic (exact) mass is 267 g/mol. The van der Waals surface area contributed by atoms with Crippen LogP contribution in [0, 0.1) is 6.92 Å². The molecular weight excluding hydrogens is 250 g/mol. The molecule has 0 bridgehead atoms. The van der Waals surface area contributed by atoms with Gasteiger partial charge in [0.25, 0.3) is 0 Å². The molecule has 0 saturated heterocycles. The third-order valence-electron chi connectivity index (χ3n) is 3.55. The summed E-state index contributed by atoms with van der Waals surface area (Å²) in [5.74, 6) is 0.858. The van der Waals surface area contributed by atoms with Crippen molar-refractivity contribution in [1.29, 1.82) is 0 Å². The number of benzene rings is 1.